The summed E-state index contributed by atoms with van der Waals surface area (Å²) in [6.45, 7) is 2.65. The molecule has 0 bridgehead atoms. The van der Waals surface area contributed by atoms with E-state index in [1.54, 1.807) is 0 Å². The number of rotatable bonds is 5. The monoisotopic (exact) mass is 256 g/mol. The lowest BCUT2D eigenvalue weighted by atomic mass is 9.99. The first kappa shape index (κ1) is 13.4. The maximum Gasteiger partial charge on any atom is 0.119 e. The summed E-state index contributed by atoms with van der Waals surface area (Å²) in [7, 11) is 1.90. The smallest absolute Gasteiger partial charge is 0.119 e. The van der Waals surface area contributed by atoms with E-state index in [2.05, 4.69) is 5.32 Å². The van der Waals surface area contributed by atoms with Crippen LogP contribution >= 0.6 is 0 Å². The lowest BCUT2D eigenvalue weighted by Gasteiger charge is -2.14. The van der Waals surface area contributed by atoms with Gasteiger partial charge >= 0.3 is 0 Å². The fraction of sp³-hybridized carbons (Fsp3) is 0.250. The molecule has 2 aromatic carbocycles. The van der Waals surface area contributed by atoms with Gasteiger partial charge in [-0.05, 0) is 42.3 Å². The van der Waals surface area contributed by atoms with Crippen LogP contribution in [0.15, 0.2) is 48.5 Å². The molecule has 0 aliphatic heterocycles. The Hall–Kier alpha value is -2.00. The minimum atomic E-state index is -0.110. The van der Waals surface area contributed by atoms with Gasteiger partial charge in [-0.15, -0.1) is 0 Å². The molecule has 19 heavy (non-hydrogen) atoms. The summed E-state index contributed by atoms with van der Waals surface area (Å²) in [5.74, 6) is 0.879. The van der Waals surface area contributed by atoms with E-state index in [9.17, 15) is 0 Å². The summed E-state index contributed by atoms with van der Waals surface area (Å²) < 4.78 is 5.43. The molecular weight excluding hydrogens is 236 g/mol. The van der Waals surface area contributed by atoms with E-state index in [0.717, 1.165) is 22.6 Å². The summed E-state index contributed by atoms with van der Waals surface area (Å²) in [4.78, 5) is 0. The highest BCUT2D eigenvalue weighted by molar-refractivity contribution is 5.46. The summed E-state index contributed by atoms with van der Waals surface area (Å²) in [5.41, 5.74) is 9.54. The molecule has 0 aliphatic carbocycles. The van der Waals surface area contributed by atoms with Crippen LogP contribution in [-0.4, -0.2) is 13.7 Å². The molecule has 0 fully saturated rings. The normalized spacial score (nSPS) is 11.9. The fourth-order valence-electron chi connectivity index (χ4n) is 1.99. The number of nitrogens with one attached hydrogen (secondary N) is 1. The Morgan fingerprint density at radius 3 is 2.00 bits per heavy atom. The van der Waals surface area contributed by atoms with E-state index >= 15 is 0 Å². The van der Waals surface area contributed by atoms with Crippen molar-refractivity contribution in [1.82, 2.24) is 0 Å². The van der Waals surface area contributed by atoms with E-state index in [-0.39, 0.29) is 6.04 Å². The molecule has 100 valence electrons. The third-order valence-corrected chi connectivity index (χ3v) is 3.11. The number of hydrogen-bond acceptors (Lipinski definition) is 3. The van der Waals surface area contributed by atoms with Crippen LogP contribution < -0.4 is 15.8 Å². The zero-order valence-corrected chi connectivity index (χ0v) is 11.4. The zero-order chi connectivity index (χ0) is 13.7. The van der Waals surface area contributed by atoms with Crippen LogP contribution in [0.2, 0.25) is 0 Å². The quantitative estimate of drug-likeness (QED) is 0.863. The molecule has 1 unspecified atom stereocenters. The Labute approximate surface area is 114 Å². The van der Waals surface area contributed by atoms with Gasteiger partial charge in [-0.2, -0.15) is 0 Å². The molecule has 0 saturated carbocycles. The maximum absolute atomic E-state index is 6.27. The first-order chi connectivity index (χ1) is 9.24. The number of benzene rings is 2. The second-order valence-corrected chi connectivity index (χ2v) is 4.35. The van der Waals surface area contributed by atoms with Crippen molar-refractivity contribution in [1.29, 1.82) is 0 Å². The van der Waals surface area contributed by atoms with E-state index < -0.39 is 0 Å². The summed E-state index contributed by atoms with van der Waals surface area (Å²) in [6, 6.07) is 16.0. The number of hydrogen-bond donors (Lipinski definition) is 2. The molecule has 2 aromatic rings. The Balaban J connectivity index is 2.15. The molecule has 0 heterocycles. The lowest BCUT2D eigenvalue weighted by Crippen LogP contribution is -2.11. The largest absolute Gasteiger partial charge is 0.494 e. The van der Waals surface area contributed by atoms with Crippen molar-refractivity contribution < 1.29 is 4.74 Å². The molecule has 3 nitrogen and oxygen atoms in total. The van der Waals surface area contributed by atoms with Crippen molar-refractivity contribution >= 4 is 5.69 Å². The van der Waals surface area contributed by atoms with E-state index in [1.807, 2.05) is 62.5 Å². The average Bonchev–Trinajstić information content (AvgIpc) is 2.48. The van der Waals surface area contributed by atoms with Crippen molar-refractivity contribution in [2.24, 2.45) is 5.73 Å². The van der Waals surface area contributed by atoms with Gasteiger partial charge < -0.3 is 15.8 Å². The van der Waals surface area contributed by atoms with Gasteiger partial charge in [0.1, 0.15) is 5.75 Å². The Morgan fingerprint density at radius 1 is 1.00 bits per heavy atom. The van der Waals surface area contributed by atoms with Crippen LogP contribution in [0.1, 0.15) is 24.1 Å². The highest BCUT2D eigenvalue weighted by Crippen LogP contribution is 2.23. The molecule has 0 amide bonds. The van der Waals surface area contributed by atoms with Crippen LogP contribution in [0.5, 0.6) is 5.75 Å². The van der Waals surface area contributed by atoms with Crippen molar-refractivity contribution in [3.63, 3.8) is 0 Å². The molecule has 2 rings (SSSR count). The minimum absolute atomic E-state index is 0.110. The first-order valence-electron chi connectivity index (χ1n) is 6.50. The second kappa shape index (κ2) is 6.25. The van der Waals surface area contributed by atoms with Crippen molar-refractivity contribution in [3.05, 3.63) is 59.7 Å². The van der Waals surface area contributed by atoms with E-state index in [4.69, 9.17) is 10.5 Å². The topological polar surface area (TPSA) is 47.3 Å². The van der Waals surface area contributed by atoms with Gasteiger partial charge in [-0.25, -0.2) is 0 Å². The van der Waals surface area contributed by atoms with E-state index in [1.165, 1.54) is 0 Å². The molecule has 0 saturated heterocycles. The summed E-state index contributed by atoms with van der Waals surface area (Å²) >= 11 is 0. The third kappa shape index (κ3) is 3.26. The lowest BCUT2D eigenvalue weighted by molar-refractivity contribution is 0.340. The van der Waals surface area contributed by atoms with Gasteiger partial charge in [0.25, 0.3) is 0 Å². The van der Waals surface area contributed by atoms with Crippen LogP contribution in [0.3, 0.4) is 0 Å². The zero-order valence-electron chi connectivity index (χ0n) is 11.4. The van der Waals surface area contributed by atoms with Gasteiger partial charge in [0.2, 0.25) is 0 Å². The van der Waals surface area contributed by atoms with Crippen LogP contribution in [0.25, 0.3) is 0 Å². The number of ether oxygens (including phenoxy) is 1. The molecule has 0 aliphatic rings. The molecule has 1 atom stereocenters. The average molecular weight is 256 g/mol. The standard InChI is InChI=1S/C16H20N2O/c1-3-19-15-10-6-13(7-11-15)16(17)12-4-8-14(18-2)9-5-12/h4-11,16,18H,3,17H2,1-2H3. The molecular formula is C16H20N2O. The maximum atomic E-state index is 6.27. The highest BCUT2D eigenvalue weighted by atomic mass is 16.5. The van der Waals surface area contributed by atoms with Crippen molar-refractivity contribution in [3.8, 4) is 5.75 Å². The summed E-state index contributed by atoms with van der Waals surface area (Å²) in [6.07, 6.45) is 0. The Bertz CT molecular complexity index is 505. The van der Waals surface area contributed by atoms with Crippen LogP contribution in [0.4, 0.5) is 5.69 Å². The predicted octanol–water partition coefficient (Wildman–Crippen LogP) is 3.18. The van der Waals surface area contributed by atoms with Crippen LogP contribution in [-0.2, 0) is 0 Å². The SMILES string of the molecule is CCOc1ccc(C(N)c2ccc(NC)cc2)cc1. The first-order valence-corrected chi connectivity index (χ1v) is 6.50. The molecule has 0 radical (unpaired) electrons. The number of nitrogens with two attached hydrogens (primary N) is 1. The van der Waals surface area contributed by atoms with Crippen molar-refractivity contribution in [2.45, 2.75) is 13.0 Å². The van der Waals surface area contributed by atoms with Gasteiger partial charge in [-0.1, -0.05) is 24.3 Å². The highest BCUT2D eigenvalue weighted by Gasteiger charge is 2.08. The Kier molecular flexibility index (Phi) is 4.42. The molecule has 3 N–H and O–H groups in total. The molecule has 0 aromatic heterocycles. The van der Waals surface area contributed by atoms with Gasteiger partial charge in [-0.3, -0.25) is 0 Å². The van der Waals surface area contributed by atoms with Crippen molar-refractivity contribution in [2.75, 3.05) is 19.0 Å². The van der Waals surface area contributed by atoms with E-state index in [0.29, 0.717) is 6.61 Å². The Morgan fingerprint density at radius 2 is 1.53 bits per heavy atom. The van der Waals surface area contributed by atoms with Gasteiger partial charge in [0, 0.05) is 12.7 Å². The number of anilines is 1. The van der Waals surface area contributed by atoms with Gasteiger partial charge in [0.05, 0.1) is 12.6 Å². The third-order valence-electron chi connectivity index (χ3n) is 3.11. The fourth-order valence-corrected chi connectivity index (χ4v) is 1.99. The van der Waals surface area contributed by atoms with Crippen LogP contribution in [0, 0.1) is 0 Å². The minimum Gasteiger partial charge on any atom is -0.494 e. The molecule has 3 heteroatoms. The predicted molar refractivity (Wildman–Crippen MR) is 79.6 cm³/mol. The summed E-state index contributed by atoms with van der Waals surface area (Å²) in [5, 5.41) is 3.10. The molecule has 0 spiro atoms. The van der Waals surface area contributed by atoms with Gasteiger partial charge in [0.15, 0.2) is 0 Å². The second-order valence-electron chi connectivity index (χ2n) is 4.35.